The van der Waals surface area contributed by atoms with E-state index in [9.17, 15) is 4.79 Å². The molecule has 5 heteroatoms. The van der Waals surface area contributed by atoms with Gasteiger partial charge in [-0.1, -0.05) is 6.07 Å². The molecule has 0 spiro atoms. The number of hydrogen-bond donors (Lipinski definition) is 2. The predicted molar refractivity (Wildman–Crippen MR) is 78.4 cm³/mol. The second-order valence-corrected chi connectivity index (χ2v) is 5.09. The lowest BCUT2D eigenvalue weighted by molar-refractivity contribution is -0.125. The zero-order chi connectivity index (χ0) is 14.5. The van der Waals surface area contributed by atoms with Crippen molar-refractivity contribution in [1.82, 2.24) is 10.2 Å². The molecule has 1 heterocycles. The summed E-state index contributed by atoms with van der Waals surface area (Å²) in [5, 5.41) is 2.74. The van der Waals surface area contributed by atoms with E-state index in [4.69, 9.17) is 10.5 Å². The maximum Gasteiger partial charge on any atom is 0.237 e. The first-order chi connectivity index (χ1) is 9.69. The SMILES string of the molecule is CNC(=O)C1CCCN1Cc1ccc(OC)c(CN)c1. The quantitative estimate of drug-likeness (QED) is 0.838. The highest BCUT2D eigenvalue weighted by molar-refractivity contribution is 5.81. The molecular weight excluding hydrogens is 254 g/mol. The van der Waals surface area contributed by atoms with E-state index in [-0.39, 0.29) is 11.9 Å². The number of methoxy groups -OCH3 is 1. The van der Waals surface area contributed by atoms with Crippen LogP contribution in [-0.2, 0) is 17.9 Å². The number of likely N-dealkylation sites (N-methyl/N-ethyl adjacent to an activating group) is 1. The Morgan fingerprint density at radius 1 is 1.55 bits per heavy atom. The topological polar surface area (TPSA) is 67.6 Å². The first-order valence-corrected chi connectivity index (χ1v) is 7.01. The van der Waals surface area contributed by atoms with Crippen LogP contribution in [-0.4, -0.2) is 37.6 Å². The zero-order valence-corrected chi connectivity index (χ0v) is 12.2. The molecule has 1 unspecified atom stereocenters. The number of carbonyl (C=O) groups is 1. The monoisotopic (exact) mass is 277 g/mol. The van der Waals surface area contributed by atoms with Crippen molar-refractivity contribution in [2.75, 3.05) is 20.7 Å². The molecule has 20 heavy (non-hydrogen) atoms. The molecule has 0 saturated carbocycles. The van der Waals surface area contributed by atoms with Gasteiger partial charge in [-0.3, -0.25) is 9.69 Å². The zero-order valence-electron chi connectivity index (χ0n) is 12.2. The Morgan fingerprint density at radius 2 is 2.35 bits per heavy atom. The van der Waals surface area contributed by atoms with Gasteiger partial charge in [0.25, 0.3) is 0 Å². The van der Waals surface area contributed by atoms with Crippen molar-refractivity contribution in [3.8, 4) is 5.75 Å². The van der Waals surface area contributed by atoms with Crippen LogP contribution in [0, 0.1) is 0 Å². The lowest BCUT2D eigenvalue weighted by atomic mass is 10.1. The Labute approximate surface area is 120 Å². The van der Waals surface area contributed by atoms with E-state index in [1.165, 1.54) is 5.56 Å². The maximum absolute atomic E-state index is 11.8. The number of rotatable bonds is 5. The molecular formula is C15H23N3O2. The number of amides is 1. The second-order valence-electron chi connectivity index (χ2n) is 5.09. The summed E-state index contributed by atoms with van der Waals surface area (Å²) >= 11 is 0. The Morgan fingerprint density at radius 3 is 3.00 bits per heavy atom. The molecule has 1 fully saturated rings. The minimum Gasteiger partial charge on any atom is -0.496 e. The van der Waals surface area contributed by atoms with Crippen LogP contribution in [0.4, 0.5) is 0 Å². The molecule has 110 valence electrons. The van der Waals surface area contributed by atoms with Crippen LogP contribution in [0.5, 0.6) is 5.75 Å². The molecule has 3 N–H and O–H groups in total. The summed E-state index contributed by atoms with van der Waals surface area (Å²) in [7, 11) is 3.34. The van der Waals surface area contributed by atoms with E-state index in [1.807, 2.05) is 12.1 Å². The van der Waals surface area contributed by atoms with Gasteiger partial charge in [0.1, 0.15) is 5.75 Å². The average molecular weight is 277 g/mol. The summed E-state index contributed by atoms with van der Waals surface area (Å²) in [5.41, 5.74) is 7.91. The highest BCUT2D eigenvalue weighted by atomic mass is 16.5. The minimum absolute atomic E-state index is 0.0107. The highest BCUT2D eigenvalue weighted by Gasteiger charge is 2.29. The summed E-state index contributed by atoms with van der Waals surface area (Å²) in [4.78, 5) is 14.1. The third-order valence-corrected chi connectivity index (χ3v) is 3.86. The lowest BCUT2D eigenvalue weighted by Gasteiger charge is -2.23. The van der Waals surface area contributed by atoms with Crippen LogP contribution < -0.4 is 15.8 Å². The number of carbonyl (C=O) groups excluding carboxylic acids is 1. The molecule has 1 amide bonds. The molecule has 5 nitrogen and oxygen atoms in total. The van der Waals surface area contributed by atoms with Gasteiger partial charge >= 0.3 is 0 Å². The third-order valence-electron chi connectivity index (χ3n) is 3.86. The third kappa shape index (κ3) is 3.11. The first-order valence-electron chi connectivity index (χ1n) is 7.01. The Hall–Kier alpha value is -1.59. The maximum atomic E-state index is 11.8. The Balaban J connectivity index is 2.11. The van der Waals surface area contributed by atoms with Gasteiger partial charge in [0.15, 0.2) is 0 Å². The number of nitrogens with one attached hydrogen (secondary N) is 1. The number of nitrogens with zero attached hydrogens (tertiary/aromatic N) is 1. The molecule has 1 saturated heterocycles. The fourth-order valence-electron chi connectivity index (χ4n) is 2.80. The number of ether oxygens (including phenoxy) is 1. The summed E-state index contributed by atoms with van der Waals surface area (Å²) in [6.45, 7) is 2.19. The minimum atomic E-state index is -0.0107. The second kappa shape index (κ2) is 6.72. The van der Waals surface area contributed by atoms with Gasteiger partial charge in [-0.25, -0.2) is 0 Å². The van der Waals surface area contributed by atoms with Crippen LogP contribution in [0.2, 0.25) is 0 Å². The highest BCUT2D eigenvalue weighted by Crippen LogP contribution is 2.24. The van der Waals surface area contributed by atoms with Crippen molar-refractivity contribution in [1.29, 1.82) is 0 Å². The molecule has 1 aliphatic heterocycles. The average Bonchev–Trinajstić information content (AvgIpc) is 2.94. The van der Waals surface area contributed by atoms with E-state index in [0.717, 1.165) is 37.2 Å². The lowest BCUT2D eigenvalue weighted by Crippen LogP contribution is -2.41. The largest absolute Gasteiger partial charge is 0.496 e. The van der Waals surface area contributed by atoms with Crippen LogP contribution in [0.25, 0.3) is 0 Å². The van der Waals surface area contributed by atoms with Crippen molar-refractivity contribution >= 4 is 5.91 Å². The van der Waals surface area contributed by atoms with Crippen LogP contribution in [0.3, 0.4) is 0 Å². The smallest absolute Gasteiger partial charge is 0.237 e. The molecule has 0 radical (unpaired) electrons. The molecule has 1 atom stereocenters. The van der Waals surface area contributed by atoms with E-state index < -0.39 is 0 Å². The summed E-state index contributed by atoms with van der Waals surface area (Å²) in [5.74, 6) is 0.926. The molecule has 0 bridgehead atoms. The Kier molecular flexibility index (Phi) is 4.98. The number of nitrogens with two attached hydrogens (primary N) is 1. The Bertz CT molecular complexity index is 476. The van der Waals surface area contributed by atoms with E-state index in [0.29, 0.717) is 6.54 Å². The molecule has 1 aliphatic rings. The molecule has 1 aromatic rings. The van der Waals surface area contributed by atoms with Crippen molar-refractivity contribution in [3.63, 3.8) is 0 Å². The summed E-state index contributed by atoms with van der Waals surface area (Å²) in [6, 6.07) is 6.04. The van der Waals surface area contributed by atoms with Crippen molar-refractivity contribution < 1.29 is 9.53 Å². The van der Waals surface area contributed by atoms with Crippen LogP contribution >= 0.6 is 0 Å². The number of benzene rings is 1. The van der Waals surface area contributed by atoms with Crippen LogP contribution in [0.1, 0.15) is 24.0 Å². The van der Waals surface area contributed by atoms with Gasteiger partial charge in [-0.2, -0.15) is 0 Å². The van der Waals surface area contributed by atoms with Gasteiger partial charge in [-0.15, -0.1) is 0 Å². The molecule has 1 aromatic carbocycles. The first kappa shape index (κ1) is 14.8. The van der Waals surface area contributed by atoms with Gasteiger partial charge in [0.05, 0.1) is 13.2 Å². The van der Waals surface area contributed by atoms with E-state index in [1.54, 1.807) is 14.2 Å². The molecule has 0 aromatic heterocycles. The van der Waals surface area contributed by atoms with Crippen molar-refractivity contribution in [3.05, 3.63) is 29.3 Å². The fraction of sp³-hybridized carbons (Fsp3) is 0.533. The summed E-state index contributed by atoms with van der Waals surface area (Å²) < 4.78 is 5.28. The van der Waals surface area contributed by atoms with Crippen molar-refractivity contribution in [2.45, 2.75) is 32.0 Å². The molecule has 0 aliphatic carbocycles. The fourth-order valence-corrected chi connectivity index (χ4v) is 2.80. The molecule has 2 rings (SSSR count). The van der Waals surface area contributed by atoms with E-state index in [2.05, 4.69) is 16.3 Å². The van der Waals surface area contributed by atoms with Crippen LogP contribution in [0.15, 0.2) is 18.2 Å². The van der Waals surface area contributed by atoms with Crippen molar-refractivity contribution in [2.24, 2.45) is 5.73 Å². The van der Waals surface area contributed by atoms with E-state index >= 15 is 0 Å². The predicted octanol–water partition coefficient (Wildman–Crippen LogP) is 0.864. The normalized spacial score (nSPS) is 19.1. The number of hydrogen-bond acceptors (Lipinski definition) is 4. The van der Waals surface area contributed by atoms with Gasteiger partial charge in [-0.05, 0) is 37.1 Å². The van der Waals surface area contributed by atoms with Gasteiger partial charge < -0.3 is 15.8 Å². The standard InChI is InChI=1S/C15H23N3O2/c1-17-15(19)13-4-3-7-18(13)10-11-5-6-14(20-2)12(8-11)9-16/h5-6,8,13H,3-4,7,9-10,16H2,1-2H3,(H,17,19). The van der Waals surface area contributed by atoms with Gasteiger partial charge in [0.2, 0.25) is 5.91 Å². The van der Waals surface area contributed by atoms with Gasteiger partial charge in [0, 0.05) is 25.7 Å². The summed E-state index contributed by atoms with van der Waals surface area (Å²) in [6.07, 6.45) is 2.00. The number of likely N-dealkylation sites (tertiary alicyclic amines) is 1.